The third-order valence-electron chi connectivity index (χ3n) is 11.6. The number of anilines is 3. The second kappa shape index (κ2) is 11.6. The van der Waals surface area contributed by atoms with Crippen LogP contribution < -0.4 is 4.90 Å². The number of nitrogens with zero attached hydrogens (tertiary/aromatic N) is 2. The number of benzene rings is 8. The molecule has 0 aliphatic heterocycles. The van der Waals surface area contributed by atoms with Gasteiger partial charge in [0.1, 0.15) is 11.2 Å². The standard InChI is InChI=1S/C51H36N2O/c1-51(2)44-22-12-9-19-38(44)39-30-25-33(31-45(39)51)42-32-43-40-20-11-14-24-47(40)54-50(43)48-41-21-10-13-23-46(41)53(49(42)48)37-28-26-36(27-29-37)52(34-15-5-3-6-16-34)35-17-7-4-8-18-35/h3-32H,1-2H3. The molecule has 0 amide bonds. The van der Waals surface area contributed by atoms with E-state index in [0.29, 0.717) is 0 Å². The Morgan fingerprint density at radius 3 is 1.85 bits per heavy atom. The van der Waals surface area contributed by atoms with Gasteiger partial charge >= 0.3 is 0 Å². The van der Waals surface area contributed by atoms with Gasteiger partial charge in [-0.1, -0.05) is 123 Å². The van der Waals surface area contributed by atoms with E-state index in [4.69, 9.17) is 4.42 Å². The molecule has 3 heteroatoms. The smallest absolute Gasteiger partial charge is 0.145 e. The maximum absolute atomic E-state index is 6.79. The highest BCUT2D eigenvalue weighted by atomic mass is 16.3. The summed E-state index contributed by atoms with van der Waals surface area (Å²) < 4.78 is 9.24. The molecule has 0 fully saturated rings. The highest BCUT2D eigenvalue weighted by molar-refractivity contribution is 6.27. The van der Waals surface area contributed by atoms with Crippen molar-refractivity contribution in [3.05, 3.63) is 193 Å². The Hall–Kier alpha value is -6.84. The summed E-state index contributed by atoms with van der Waals surface area (Å²) >= 11 is 0. The fourth-order valence-electron chi connectivity index (χ4n) is 9.04. The third kappa shape index (κ3) is 4.42. The Balaban J connectivity index is 1.19. The fourth-order valence-corrected chi connectivity index (χ4v) is 9.04. The van der Waals surface area contributed by atoms with Crippen LogP contribution in [0, 0.1) is 0 Å². The van der Waals surface area contributed by atoms with Crippen molar-refractivity contribution in [3.63, 3.8) is 0 Å². The topological polar surface area (TPSA) is 21.3 Å². The number of hydrogen-bond acceptors (Lipinski definition) is 2. The van der Waals surface area contributed by atoms with E-state index in [1.54, 1.807) is 0 Å². The molecule has 1 aliphatic carbocycles. The van der Waals surface area contributed by atoms with E-state index >= 15 is 0 Å². The normalized spacial score (nSPS) is 13.1. The first-order valence-corrected chi connectivity index (χ1v) is 18.7. The molecule has 1 aliphatic rings. The summed E-state index contributed by atoms with van der Waals surface area (Å²) in [5, 5.41) is 4.58. The minimum atomic E-state index is -0.112. The monoisotopic (exact) mass is 692 g/mol. The molecule has 0 saturated heterocycles. The second-order valence-electron chi connectivity index (χ2n) is 14.9. The summed E-state index contributed by atoms with van der Waals surface area (Å²) in [6, 6.07) is 65.7. The number of aromatic nitrogens is 1. The van der Waals surface area contributed by atoms with Gasteiger partial charge in [0.2, 0.25) is 0 Å². The van der Waals surface area contributed by atoms with Gasteiger partial charge in [-0.15, -0.1) is 0 Å². The van der Waals surface area contributed by atoms with Crippen LogP contribution in [0.4, 0.5) is 17.1 Å². The second-order valence-corrected chi connectivity index (χ2v) is 14.9. The molecule has 54 heavy (non-hydrogen) atoms. The highest BCUT2D eigenvalue weighted by Crippen LogP contribution is 2.51. The molecule has 8 aromatic carbocycles. The molecule has 256 valence electrons. The van der Waals surface area contributed by atoms with Gasteiger partial charge in [-0.05, 0) is 101 Å². The van der Waals surface area contributed by atoms with Crippen molar-refractivity contribution < 1.29 is 4.42 Å². The molecule has 10 aromatic rings. The van der Waals surface area contributed by atoms with Crippen molar-refractivity contribution in [2.45, 2.75) is 19.3 Å². The minimum Gasteiger partial charge on any atom is -0.455 e. The van der Waals surface area contributed by atoms with Gasteiger partial charge in [0.25, 0.3) is 0 Å². The Morgan fingerprint density at radius 1 is 0.481 bits per heavy atom. The van der Waals surface area contributed by atoms with Crippen molar-refractivity contribution in [1.29, 1.82) is 0 Å². The largest absolute Gasteiger partial charge is 0.455 e. The van der Waals surface area contributed by atoms with Gasteiger partial charge in [0.15, 0.2) is 0 Å². The van der Waals surface area contributed by atoms with Crippen LogP contribution in [0.3, 0.4) is 0 Å². The van der Waals surface area contributed by atoms with Gasteiger partial charge in [0, 0.05) is 49.9 Å². The average Bonchev–Trinajstić information content (AvgIpc) is 3.84. The van der Waals surface area contributed by atoms with Crippen LogP contribution >= 0.6 is 0 Å². The Kier molecular flexibility index (Phi) is 6.60. The van der Waals surface area contributed by atoms with E-state index in [1.165, 1.54) is 38.8 Å². The maximum atomic E-state index is 6.79. The first kappa shape index (κ1) is 30.8. The summed E-state index contributed by atoms with van der Waals surface area (Å²) in [6.45, 7) is 4.72. The molecule has 0 unspecified atom stereocenters. The van der Waals surface area contributed by atoms with E-state index in [-0.39, 0.29) is 5.41 Å². The Labute approximate surface area is 314 Å². The van der Waals surface area contributed by atoms with Gasteiger partial charge < -0.3 is 13.9 Å². The summed E-state index contributed by atoms with van der Waals surface area (Å²) in [6.07, 6.45) is 0. The zero-order chi connectivity index (χ0) is 36.0. The summed E-state index contributed by atoms with van der Waals surface area (Å²) in [4.78, 5) is 2.31. The van der Waals surface area contributed by atoms with Crippen LogP contribution in [-0.2, 0) is 5.41 Å². The Bertz CT molecular complexity index is 3020. The molecule has 0 atom stereocenters. The van der Waals surface area contributed by atoms with Gasteiger partial charge in [0.05, 0.1) is 16.4 Å². The lowest BCUT2D eigenvalue weighted by Gasteiger charge is -2.25. The van der Waals surface area contributed by atoms with Crippen LogP contribution in [0.15, 0.2) is 186 Å². The number of furan rings is 1. The predicted octanol–water partition coefficient (Wildman–Crippen LogP) is 14.1. The van der Waals surface area contributed by atoms with E-state index in [9.17, 15) is 0 Å². The van der Waals surface area contributed by atoms with Gasteiger partial charge in [-0.25, -0.2) is 0 Å². The quantitative estimate of drug-likeness (QED) is 0.179. The van der Waals surface area contributed by atoms with Gasteiger partial charge in [-0.2, -0.15) is 0 Å². The summed E-state index contributed by atoms with van der Waals surface area (Å²) in [7, 11) is 0. The van der Waals surface area contributed by atoms with Crippen molar-refractivity contribution in [1.82, 2.24) is 4.57 Å². The van der Waals surface area contributed by atoms with E-state index < -0.39 is 0 Å². The van der Waals surface area contributed by atoms with Crippen LogP contribution in [0.2, 0.25) is 0 Å². The van der Waals surface area contributed by atoms with E-state index in [1.807, 2.05) is 0 Å². The number of fused-ring (bicyclic) bond motifs is 10. The zero-order valence-electron chi connectivity index (χ0n) is 30.1. The predicted molar refractivity (Wildman–Crippen MR) is 226 cm³/mol. The number of hydrogen-bond donors (Lipinski definition) is 0. The molecule has 2 heterocycles. The molecular formula is C51H36N2O. The first-order chi connectivity index (χ1) is 26.6. The Morgan fingerprint density at radius 2 is 1.09 bits per heavy atom. The minimum absolute atomic E-state index is 0.112. The molecule has 0 saturated carbocycles. The lowest BCUT2D eigenvalue weighted by molar-refractivity contribution is 0.660. The molecule has 0 spiro atoms. The summed E-state index contributed by atoms with van der Waals surface area (Å²) in [5.41, 5.74) is 16.2. The fraction of sp³-hybridized carbons (Fsp3) is 0.0588. The SMILES string of the molecule is CC1(C)c2ccccc2-c2ccc(-c3cc4c5ccccc5oc4c4c5ccccc5n(-c5ccc(N(c6ccccc6)c6ccccc6)cc5)c34)cc21. The summed E-state index contributed by atoms with van der Waals surface area (Å²) in [5.74, 6) is 0. The van der Waals surface area contributed by atoms with Crippen molar-refractivity contribution in [2.75, 3.05) is 4.90 Å². The molecule has 3 nitrogen and oxygen atoms in total. The van der Waals surface area contributed by atoms with E-state index in [0.717, 1.165) is 61.1 Å². The van der Waals surface area contributed by atoms with E-state index in [2.05, 4.69) is 205 Å². The third-order valence-corrected chi connectivity index (χ3v) is 11.6. The van der Waals surface area contributed by atoms with Crippen molar-refractivity contribution >= 4 is 60.8 Å². The highest BCUT2D eigenvalue weighted by Gasteiger charge is 2.35. The van der Waals surface area contributed by atoms with Crippen LogP contribution in [0.1, 0.15) is 25.0 Å². The van der Waals surface area contributed by atoms with Crippen LogP contribution in [-0.4, -0.2) is 4.57 Å². The van der Waals surface area contributed by atoms with Gasteiger partial charge in [-0.3, -0.25) is 0 Å². The zero-order valence-corrected chi connectivity index (χ0v) is 30.1. The molecule has 2 aromatic heterocycles. The molecule has 0 N–H and O–H groups in total. The van der Waals surface area contributed by atoms with Crippen molar-refractivity contribution in [3.8, 4) is 27.9 Å². The molecule has 0 radical (unpaired) electrons. The van der Waals surface area contributed by atoms with Crippen LogP contribution in [0.25, 0.3) is 71.7 Å². The number of para-hydroxylation sites is 4. The molecule has 0 bridgehead atoms. The lowest BCUT2D eigenvalue weighted by atomic mass is 9.81. The lowest BCUT2D eigenvalue weighted by Crippen LogP contribution is -2.14. The van der Waals surface area contributed by atoms with Crippen LogP contribution in [0.5, 0.6) is 0 Å². The average molecular weight is 693 g/mol. The first-order valence-electron chi connectivity index (χ1n) is 18.7. The van der Waals surface area contributed by atoms with Crippen molar-refractivity contribution in [2.24, 2.45) is 0 Å². The number of rotatable bonds is 5. The molecular weight excluding hydrogens is 657 g/mol. The maximum Gasteiger partial charge on any atom is 0.145 e. The molecule has 11 rings (SSSR count).